The lowest BCUT2D eigenvalue weighted by Crippen LogP contribution is -2.33. The Morgan fingerprint density at radius 2 is 1.88 bits per heavy atom. The highest BCUT2D eigenvalue weighted by Crippen LogP contribution is 2.33. The lowest BCUT2D eigenvalue weighted by atomic mass is 9.96. The van der Waals surface area contributed by atoms with Crippen molar-refractivity contribution in [1.82, 2.24) is 10.1 Å². The maximum absolute atomic E-state index is 13.3. The molecular weight excluding hydrogens is 493 g/mol. The average molecular weight is 518 g/mol. The summed E-state index contributed by atoms with van der Waals surface area (Å²) in [7, 11) is -3.86. The zero-order valence-corrected chi connectivity index (χ0v) is 21.1. The molecule has 0 amide bonds. The molecule has 0 radical (unpaired) electrons. The van der Waals surface area contributed by atoms with E-state index in [1.54, 1.807) is 36.4 Å². The standard InChI is InChI=1S/C25H25Cl2N3O3S/c1-3-33-19-10-7-17(8-11-19)23-15-24(29-28-23)25(21-12-9-18(26)14-22(21)27)30-34(31,32)20-6-4-5-16(2)13-20/h4-14,23,25,28,30H,3,15H2,1-2H3. The maximum Gasteiger partial charge on any atom is 0.241 e. The fraction of sp³-hybridized carbons (Fsp3) is 0.240. The van der Waals surface area contributed by atoms with Crippen LogP contribution in [0.2, 0.25) is 10.0 Å². The molecular formula is C25H25Cl2N3O3S. The van der Waals surface area contributed by atoms with Gasteiger partial charge < -0.3 is 10.2 Å². The van der Waals surface area contributed by atoms with Crippen LogP contribution in [0.3, 0.4) is 0 Å². The van der Waals surface area contributed by atoms with Crippen molar-refractivity contribution in [1.29, 1.82) is 0 Å². The normalized spacial score (nSPS) is 16.6. The van der Waals surface area contributed by atoms with Gasteiger partial charge in [0.25, 0.3) is 0 Å². The lowest BCUT2D eigenvalue weighted by molar-refractivity contribution is 0.340. The van der Waals surface area contributed by atoms with E-state index in [0.717, 1.165) is 16.9 Å². The zero-order chi connectivity index (χ0) is 24.3. The second-order valence-corrected chi connectivity index (χ2v) is 10.6. The van der Waals surface area contributed by atoms with Gasteiger partial charge in [0, 0.05) is 16.5 Å². The van der Waals surface area contributed by atoms with E-state index in [1.807, 2.05) is 44.2 Å². The molecule has 34 heavy (non-hydrogen) atoms. The Hall–Kier alpha value is -2.58. The number of nitrogens with one attached hydrogen (secondary N) is 2. The lowest BCUT2D eigenvalue weighted by Gasteiger charge is -2.21. The van der Waals surface area contributed by atoms with Crippen LogP contribution in [0.1, 0.15) is 42.1 Å². The van der Waals surface area contributed by atoms with Crippen molar-refractivity contribution < 1.29 is 13.2 Å². The Kier molecular flexibility index (Phi) is 7.48. The van der Waals surface area contributed by atoms with Crippen molar-refractivity contribution in [3.05, 3.63) is 93.5 Å². The Labute approximate surface area is 210 Å². The van der Waals surface area contributed by atoms with Crippen LogP contribution in [-0.2, 0) is 10.0 Å². The van der Waals surface area contributed by atoms with Crippen LogP contribution in [-0.4, -0.2) is 20.7 Å². The van der Waals surface area contributed by atoms with E-state index < -0.39 is 16.1 Å². The number of ether oxygens (including phenoxy) is 1. The van der Waals surface area contributed by atoms with E-state index in [1.165, 1.54) is 0 Å². The van der Waals surface area contributed by atoms with Gasteiger partial charge in [0.15, 0.2) is 0 Å². The number of sulfonamides is 1. The molecule has 0 spiro atoms. The molecule has 2 atom stereocenters. The van der Waals surface area contributed by atoms with E-state index >= 15 is 0 Å². The minimum absolute atomic E-state index is 0.109. The van der Waals surface area contributed by atoms with Crippen molar-refractivity contribution in [2.45, 2.75) is 37.2 Å². The molecule has 2 unspecified atom stereocenters. The summed E-state index contributed by atoms with van der Waals surface area (Å²) in [5, 5.41) is 5.33. The second-order valence-electron chi connectivity index (χ2n) is 8.03. The first-order chi connectivity index (χ1) is 16.3. The first kappa shape index (κ1) is 24.5. The van der Waals surface area contributed by atoms with Gasteiger partial charge in [-0.05, 0) is 66.9 Å². The molecule has 4 rings (SSSR count). The van der Waals surface area contributed by atoms with Crippen LogP contribution in [0.4, 0.5) is 0 Å². The minimum Gasteiger partial charge on any atom is -0.494 e. The molecule has 6 nitrogen and oxygen atoms in total. The molecule has 1 aliphatic rings. The molecule has 1 aliphatic heterocycles. The van der Waals surface area contributed by atoms with Crippen molar-refractivity contribution in [3.8, 4) is 5.75 Å². The summed E-state index contributed by atoms with van der Waals surface area (Å²) in [6, 6.07) is 18.6. The first-order valence-electron chi connectivity index (χ1n) is 10.9. The van der Waals surface area contributed by atoms with E-state index in [2.05, 4.69) is 15.2 Å². The van der Waals surface area contributed by atoms with Gasteiger partial charge in [-0.3, -0.25) is 0 Å². The van der Waals surface area contributed by atoms with Crippen LogP contribution < -0.4 is 14.9 Å². The highest BCUT2D eigenvalue weighted by atomic mass is 35.5. The molecule has 0 saturated heterocycles. The van der Waals surface area contributed by atoms with Gasteiger partial charge in [-0.25, -0.2) is 8.42 Å². The monoisotopic (exact) mass is 517 g/mol. The van der Waals surface area contributed by atoms with Crippen LogP contribution in [0, 0.1) is 6.92 Å². The second kappa shape index (κ2) is 10.4. The van der Waals surface area contributed by atoms with E-state index in [-0.39, 0.29) is 10.9 Å². The zero-order valence-electron chi connectivity index (χ0n) is 18.8. The summed E-state index contributed by atoms with van der Waals surface area (Å²) in [6.07, 6.45) is 0.494. The van der Waals surface area contributed by atoms with Crippen molar-refractivity contribution in [2.24, 2.45) is 5.10 Å². The molecule has 2 N–H and O–H groups in total. The predicted molar refractivity (Wildman–Crippen MR) is 136 cm³/mol. The van der Waals surface area contributed by atoms with Crippen LogP contribution in [0.15, 0.2) is 76.7 Å². The fourth-order valence-corrected chi connectivity index (χ4v) is 5.68. The van der Waals surface area contributed by atoms with E-state index in [0.29, 0.717) is 34.3 Å². The highest BCUT2D eigenvalue weighted by Gasteiger charge is 2.32. The van der Waals surface area contributed by atoms with Gasteiger partial charge >= 0.3 is 0 Å². The largest absolute Gasteiger partial charge is 0.494 e. The smallest absolute Gasteiger partial charge is 0.241 e. The number of rotatable bonds is 8. The molecule has 0 fully saturated rings. The van der Waals surface area contributed by atoms with Crippen molar-refractivity contribution in [3.63, 3.8) is 0 Å². The maximum atomic E-state index is 13.3. The Morgan fingerprint density at radius 3 is 2.56 bits per heavy atom. The van der Waals surface area contributed by atoms with Crippen molar-refractivity contribution in [2.75, 3.05) is 6.61 Å². The first-order valence-corrected chi connectivity index (χ1v) is 13.1. The minimum atomic E-state index is -3.86. The van der Waals surface area contributed by atoms with Crippen LogP contribution in [0.5, 0.6) is 5.75 Å². The summed E-state index contributed by atoms with van der Waals surface area (Å²) >= 11 is 12.6. The Bertz CT molecular complexity index is 1310. The number of hydrogen-bond acceptors (Lipinski definition) is 5. The molecule has 178 valence electrons. The molecule has 0 aliphatic carbocycles. The summed E-state index contributed by atoms with van der Waals surface area (Å²) < 4.78 is 34.9. The average Bonchev–Trinajstić information content (AvgIpc) is 3.29. The molecule has 9 heteroatoms. The van der Waals surface area contributed by atoms with Crippen molar-refractivity contribution >= 4 is 38.9 Å². The summed E-state index contributed by atoms with van der Waals surface area (Å²) in [5.41, 5.74) is 6.20. The number of nitrogens with zero attached hydrogens (tertiary/aromatic N) is 1. The Morgan fingerprint density at radius 1 is 1.12 bits per heavy atom. The highest BCUT2D eigenvalue weighted by molar-refractivity contribution is 7.89. The van der Waals surface area contributed by atoms with Gasteiger partial charge in [0.1, 0.15) is 5.75 Å². The Balaban J connectivity index is 1.64. The van der Waals surface area contributed by atoms with Gasteiger partial charge in [0.2, 0.25) is 10.0 Å². The van der Waals surface area contributed by atoms with E-state index in [9.17, 15) is 8.42 Å². The SMILES string of the molecule is CCOc1ccc(C2CC(C(NS(=O)(=O)c3cccc(C)c3)c3ccc(Cl)cc3Cl)=NN2)cc1. The van der Waals surface area contributed by atoms with E-state index in [4.69, 9.17) is 27.9 Å². The molecule has 1 heterocycles. The number of halogens is 2. The molecule has 3 aromatic rings. The number of aryl methyl sites for hydroxylation is 1. The molecule has 0 aromatic heterocycles. The number of hydrogen-bond donors (Lipinski definition) is 2. The van der Waals surface area contributed by atoms with Gasteiger partial charge in [-0.1, -0.05) is 53.5 Å². The molecule has 0 saturated carbocycles. The van der Waals surface area contributed by atoms with Gasteiger partial charge in [-0.2, -0.15) is 9.82 Å². The summed E-state index contributed by atoms with van der Waals surface area (Å²) in [4.78, 5) is 0.178. The summed E-state index contributed by atoms with van der Waals surface area (Å²) in [6.45, 7) is 4.38. The third-order valence-corrected chi connectivity index (χ3v) is 7.53. The topological polar surface area (TPSA) is 79.8 Å². The third-order valence-electron chi connectivity index (χ3n) is 5.55. The van der Waals surface area contributed by atoms with Gasteiger partial charge in [-0.15, -0.1) is 0 Å². The predicted octanol–water partition coefficient (Wildman–Crippen LogP) is 5.81. The van der Waals surface area contributed by atoms with Gasteiger partial charge in [0.05, 0.1) is 29.3 Å². The number of benzene rings is 3. The third kappa shape index (κ3) is 5.55. The summed E-state index contributed by atoms with van der Waals surface area (Å²) in [5.74, 6) is 0.794. The number of hydrazone groups is 1. The quantitative estimate of drug-likeness (QED) is 0.395. The fourth-order valence-electron chi connectivity index (χ4n) is 3.85. The molecule has 0 bridgehead atoms. The van der Waals surface area contributed by atoms with Crippen LogP contribution in [0.25, 0.3) is 0 Å². The van der Waals surface area contributed by atoms with Crippen LogP contribution >= 0.6 is 23.2 Å². The molecule has 3 aromatic carbocycles.